The quantitative estimate of drug-likeness (QED) is 0.306. The number of methoxy groups -OCH3 is 1. The summed E-state index contributed by atoms with van der Waals surface area (Å²) in [5.41, 5.74) is 0.904. The minimum absolute atomic E-state index is 0.0430. The van der Waals surface area contributed by atoms with Crippen LogP contribution in [0, 0.1) is 0 Å². The monoisotopic (exact) mass is 469 g/mol. The first-order valence-electron chi connectivity index (χ1n) is 9.52. The predicted octanol–water partition coefficient (Wildman–Crippen LogP) is 5.33. The number of aromatic hydroxyl groups is 1. The molecule has 162 valence electrons. The highest BCUT2D eigenvalue weighted by Crippen LogP contribution is 2.44. The summed E-state index contributed by atoms with van der Waals surface area (Å²) in [5, 5.41) is 21.4. The first-order valence-corrected chi connectivity index (χ1v) is 10.3. The molecule has 1 amide bonds. The summed E-state index contributed by atoms with van der Waals surface area (Å²) in [4.78, 5) is 27.5. The number of phenolic OH excluding ortho intramolecular Hbond substituents is 1. The fourth-order valence-corrected chi connectivity index (χ4v) is 4.07. The van der Waals surface area contributed by atoms with Gasteiger partial charge in [-0.25, -0.2) is 0 Å². The minimum Gasteiger partial charge on any atom is -0.507 e. The van der Waals surface area contributed by atoms with Crippen LogP contribution in [0.25, 0.3) is 5.76 Å². The summed E-state index contributed by atoms with van der Waals surface area (Å²) in [6, 6.07) is 16.5. The van der Waals surface area contributed by atoms with Gasteiger partial charge < -0.3 is 14.9 Å². The van der Waals surface area contributed by atoms with Crippen LogP contribution >= 0.6 is 23.2 Å². The van der Waals surface area contributed by atoms with Gasteiger partial charge in [-0.2, -0.15) is 0 Å². The van der Waals surface area contributed by atoms with E-state index in [0.29, 0.717) is 16.3 Å². The second kappa shape index (κ2) is 8.57. The van der Waals surface area contributed by atoms with Crippen molar-refractivity contribution in [3.63, 3.8) is 0 Å². The molecule has 0 radical (unpaired) electrons. The lowest BCUT2D eigenvalue weighted by Crippen LogP contribution is -2.29. The molecule has 8 heteroatoms. The van der Waals surface area contributed by atoms with Crippen LogP contribution in [0.3, 0.4) is 0 Å². The first-order chi connectivity index (χ1) is 15.3. The van der Waals surface area contributed by atoms with Crippen molar-refractivity contribution in [2.75, 3.05) is 12.0 Å². The Hall–Kier alpha value is -3.48. The van der Waals surface area contributed by atoms with Crippen molar-refractivity contribution >= 4 is 46.3 Å². The summed E-state index contributed by atoms with van der Waals surface area (Å²) in [6.45, 7) is 0. The Labute approximate surface area is 193 Å². The van der Waals surface area contributed by atoms with Gasteiger partial charge >= 0.3 is 0 Å². The summed E-state index contributed by atoms with van der Waals surface area (Å²) in [5.74, 6) is -1.99. The third kappa shape index (κ3) is 3.68. The molecular formula is C24H17Cl2NO5. The number of aliphatic hydroxyl groups is 1. The van der Waals surface area contributed by atoms with Gasteiger partial charge in [-0.3, -0.25) is 14.5 Å². The predicted molar refractivity (Wildman–Crippen MR) is 122 cm³/mol. The standard InChI is InChI=1S/C24H17Cl2NO5/c1-32-19-10-8-14(25)12-16(19)22(29)20-21(13-7-9-18(28)17(26)11-13)27(24(31)23(20)30)15-5-3-2-4-6-15/h2-12,21,28-29H,1H3/b22-20+. The Morgan fingerprint density at radius 1 is 1.00 bits per heavy atom. The molecule has 6 nitrogen and oxygen atoms in total. The molecule has 3 aromatic rings. The van der Waals surface area contributed by atoms with Crippen molar-refractivity contribution in [2.45, 2.75) is 6.04 Å². The van der Waals surface area contributed by atoms with E-state index in [4.69, 9.17) is 27.9 Å². The van der Waals surface area contributed by atoms with Crippen LogP contribution in [-0.2, 0) is 9.59 Å². The highest BCUT2D eigenvalue weighted by molar-refractivity contribution is 6.51. The van der Waals surface area contributed by atoms with Gasteiger partial charge in [-0.1, -0.05) is 47.5 Å². The number of ketones is 1. The van der Waals surface area contributed by atoms with E-state index in [9.17, 15) is 19.8 Å². The summed E-state index contributed by atoms with van der Waals surface area (Å²) < 4.78 is 5.31. The summed E-state index contributed by atoms with van der Waals surface area (Å²) >= 11 is 12.2. The Morgan fingerprint density at radius 3 is 2.38 bits per heavy atom. The molecule has 1 unspecified atom stereocenters. The van der Waals surface area contributed by atoms with Gasteiger partial charge in [0, 0.05) is 10.7 Å². The van der Waals surface area contributed by atoms with E-state index in [2.05, 4.69) is 0 Å². The van der Waals surface area contributed by atoms with E-state index < -0.39 is 23.5 Å². The van der Waals surface area contributed by atoms with Gasteiger partial charge in [0.25, 0.3) is 11.7 Å². The molecular weight excluding hydrogens is 453 g/mol. The number of phenols is 1. The molecule has 1 aliphatic rings. The average Bonchev–Trinajstić information content (AvgIpc) is 3.06. The number of nitrogens with zero attached hydrogens (tertiary/aromatic N) is 1. The third-order valence-corrected chi connectivity index (χ3v) is 5.72. The highest BCUT2D eigenvalue weighted by atomic mass is 35.5. The van der Waals surface area contributed by atoms with E-state index in [1.54, 1.807) is 42.5 Å². The number of Topliss-reactive ketones (excluding diaryl/α,β-unsaturated/α-hetero) is 1. The molecule has 0 spiro atoms. The topological polar surface area (TPSA) is 87.1 Å². The van der Waals surface area contributed by atoms with Crippen LogP contribution in [-0.4, -0.2) is 29.0 Å². The Bertz CT molecular complexity index is 1260. The van der Waals surface area contributed by atoms with Crippen LogP contribution in [0.2, 0.25) is 10.0 Å². The van der Waals surface area contributed by atoms with Crippen LogP contribution in [0.4, 0.5) is 5.69 Å². The smallest absolute Gasteiger partial charge is 0.300 e. The zero-order valence-electron chi connectivity index (χ0n) is 16.8. The highest BCUT2D eigenvalue weighted by Gasteiger charge is 2.47. The van der Waals surface area contributed by atoms with E-state index in [1.165, 1.54) is 36.3 Å². The molecule has 1 fully saturated rings. The molecule has 1 atom stereocenters. The molecule has 1 saturated heterocycles. The molecule has 0 bridgehead atoms. The van der Waals surface area contributed by atoms with Crippen molar-refractivity contribution in [1.29, 1.82) is 0 Å². The summed E-state index contributed by atoms with van der Waals surface area (Å²) in [7, 11) is 1.42. The number of benzene rings is 3. The van der Waals surface area contributed by atoms with Gasteiger partial charge in [0.2, 0.25) is 0 Å². The number of amides is 1. The Balaban J connectivity index is 2.00. The molecule has 4 rings (SSSR count). The molecule has 3 aromatic carbocycles. The molecule has 0 aromatic heterocycles. The zero-order valence-corrected chi connectivity index (χ0v) is 18.3. The molecule has 2 N–H and O–H groups in total. The SMILES string of the molecule is COc1ccc(Cl)cc1/C(O)=C1\C(=O)C(=O)N(c2ccccc2)C1c1ccc(O)c(Cl)c1. The number of para-hydroxylation sites is 1. The maximum Gasteiger partial charge on any atom is 0.300 e. The zero-order chi connectivity index (χ0) is 23.0. The van der Waals surface area contributed by atoms with Gasteiger partial charge in [0.05, 0.1) is 29.3 Å². The van der Waals surface area contributed by atoms with Crippen molar-refractivity contribution in [2.24, 2.45) is 0 Å². The van der Waals surface area contributed by atoms with Gasteiger partial charge in [0.15, 0.2) is 0 Å². The number of carbonyl (C=O) groups excluding carboxylic acids is 2. The largest absolute Gasteiger partial charge is 0.507 e. The van der Waals surface area contributed by atoms with Gasteiger partial charge in [0.1, 0.15) is 17.3 Å². The number of rotatable bonds is 4. The maximum atomic E-state index is 13.2. The van der Waals surface area contributed by atoms with Crippen LogP contribution in [0.5, 0.6) is 11.5 Å². The summed E-state index contributed by atoms with van der Waals surface area (Å²) in [6.07, 6.45) is 0. The van der Waals surface area contributed by atoms with E-state index in [0.717, 1.165) is 0 Å². The molecule has 1 aliphatic heterocycles. The van der Waals surface area contributed by atoms with Gasteiger partial charge in [-0.05, 0) is 48.0 Å². The van der Waals surface area contributed by atoms with E-state index >= 15 is 0 Å². The van der Waals surface area contributed by atoms with Crippen molar-refractivity contribution in [1.82, 2.24) is 0 Å². The van der Waals surface area contributed by atoms with E-state index in [-0.39, 0.29) is 27.7 Å². The number of ether oxygens (including phenoxy) is 1. The van der Waals surface area contributed by atoms with Crippen molar-refractivity contribution in [3.05, 3.63) is 93.5 Å². The second-order valence-corrected chi connectivity index (χ2v) is 7.90. The number of hydrogen-bond donors (Lipinski definition) is 2. The number of aliphatic hydroxyl groups excluding tert-OH is 1. The van der Waals surface area contributed by atoms with Crippen LogP contribution in [0.15, 0.2) is 72.3 Å². The lowest BCUT2D eigenvalue weighted by molar-refractivity contribution is -0.132. The molecule has 1 heterocycles. The fourth-order valence-electron chi connectivity index (χ4n) is 3.71. The lowest BCUT2D eigenvalue weighted by atomic mass is 9.94. The van der Waals surface area contributed by atoms with Gasteiger partial charge in [-0.15, -0.1) is 0 Å². The number of anilines is 1. The Kier molecular flexibility index (Phi) is 5.82. The lowest BCUT2D eigenvalue weighted by Gasteiger charge is -2.25. The Morgan fingerprint density at radius 2 is 1.72 bits per heavy atom. The second-order valence-electron chi connectivity index (χ2n) is 7.06. The fraction of sp³-hybridized carbons (Fsp3) is 0.0833. The normalized spacial score (nSPS) is 17.6. The third-order valence-electron chi connectivity index (χ3n) is 5.18. The molecule has 0 saturated carbocycles. The number of carbonyl (C=O) groups is 2. The number of hydrogen-bond acceptors (Lipinski definition) is 5. The minimum atomic E-state index is -1.00. The molecule has 32 heavy (non-hydrogen) atoms. The number of halogens is 2. The van der Waals surface area contributed by atoms with E-state index in [1.807, 2.05) is 0 Å². The maximum absolute atomic E-state index is 13.2. The van der Waals surface area contributed by atoms with Crippen LogP contribution in [0.1, 0.15) is 17.2 Å². The average molecular weight is 470 g/mol. The van der Waals surface area contributed by atoms with Crippen molar-refractivity contribution < 1.29 is 24.5 Å². The van der Waals surface area contributed by atoms with Crippen molar-refractivity contribution in [3.8, 4) is 11.5 Å². The van der Waals surface area contributed by atoms with Crippen LogP contribution < -0.4 is 9.64 Å². The first kappa shape index (κ1) is 21.7. The molecule has 0 aliphatic carbocycles.